The number of sulfonamides is 1. The van der Waals surface area contributed by atoms with Crippen LogP contribution in [-0.4, -0.2) is 47.7 Å². The fraction of sp³-hybridized carbons (Fsp3) is 0.286. The molecule has 10 heteroatoms. The summed E-state index contributed by atoms with van der Waals surface area (Å²) < 4.78 is 32.0. The van der Waals surface area contributed by atoms with Gasteiger partial charge in [-0.2, -0.15) is 4.31 Å². The lowest BCUT2D eigenvalue weighted by Gasteiger charge is -2.18. The maximum Gasteiger partial charge on any atom is 0.277 e. The lowest BCUT2D eigenvalue weighted by Crippen LogP contribution is -2.30. The van der Waals surface area contributed by atoms with Gasteiger partial charge in [0.2, 0.25) is 21.8 Å². The normalized spacial score (nSPS) is 11.6. The molecule has 0 spiro atoms. The second kappa shape index (κ2) is 10.1. The van der Waals surface area contributed by atoms with Crippen LogP contribution in [0.4, 0.5) is 5.69 Å². The van der Waals surface area contributed by atoms with E-state index in [1.54, 1.807) is 26.0 Å². The summed E-state index contributed by atoms with van der Waals surface area (Å²) >= 11 is 1.13. The number of aromatic nitrogens is 2. The van der Waals surface area contributed by atoms with Crippen molar-refractivity contribution < 1.29 is 17.6 Å². The van der Waals surface area contributed by atoms with E-state index in [1.807, 2.05) is 31.2 Å². The second-order valence-corrected chi connectivity index (χ2v) is 9.55. The SMILES string of the molecule is CCN(CC)S(=O)(=O)c1ccc(NC(=O)CSc2nnc(-c3ccc(C)cc3)o2)cc1. The van der Waals surface area contributed by atoms with Gasteiger partial charge < -0.3 is 9.73 Å². The quantitative estimate of drug-likeness (QED) is 0.484. The molecule has 164 valence electrons. The summed E-state index contributed by atoms with van der Waals surface area (Å²) in [5.74, 6) is 0.210. The number of nitrogens with one attached hydrogen (secondary N) is 1. The van der Waals surface area contributed by atoms with Crippen molar-refractivity contribution in [1.82, 2.24) is 14.5 Å². The van der Waals surface area contributed by atoms with Gasteiger partial charge in [-0.3, -0.25) is 4.79 Å². The fourth-order valence-electron chi connectivity index (χ4n) is 2.83. The first-order valence-corrected chi connectivity index (χ1v) is 12.2. The summed E-state index contributed by atoms with van der Waals surface area (Å²) in [7, 11) is -3.53. The van der Waals surface area contributed by atoms with Gasteiger partial charge in [0.25, 0.3) is 5.22 Å². The summed E-state index contributed by atoms with van der Waals surface area (Å²) in [5.41, 5.74) is 2.46. The minimum Gasteiger partial charge on any atom is -0.411 e. The molecule has 1 aromatic heterocycles. The maximum absolute atomic E-state index is 12.5. The lowest BCUT2D eigenvalue weighted by molar-refractivity contribution is -0.113. The molecule has 1 amide bonds. The highest BCUT2D eigenvalue weighted by Gasteiger charge is 2.21. The molecule has 0 saturated heterocycles. The molecule has 3 rings (SSSR count). The molecule has 0 aliphatic carbocycles. The number of carbonyl (C=O) groups is 1. The first-order valence-electron chi connectivity index (χ1n) is 9.77. The van der Waals surface area contributed by atoms with Crippen LogP contribution in [0, 0.1) is 6.92 Å². The van der Waals surface area contributed by atoms with Crippen molar-refractivity contribution in [2.24, 2.45) is 0 Å². The molecule has 0 bridgehead atoms. The van der Waals surface area contributed by atoms with Crippen LogP contribution < -0.4 is 5.32 Å². The summed E-state index contributed by atoms with van der Waals surface area (Å²) in [6, 6.07) is 13.8. The Balaban J connectivity index is 1.56. The van der Waals surface area contributed by atoms with E-state index in [9.17, 15) is 13.2 Å². The van der Waals surface area contributed by atoms with Crippen molar-refractivity contribution in [3.63, 3.8) is 0 Å². The Labute approximate surface area is 186 Å². The Hall–Kier alpha value is -2.69. The highest BCUT2D eigenvalue weighted by atomic mass is 32.2. The highest BCUT2D eigenvalue weighted by Crippen LogP contribution is 2.24. The van der Waals surface area contributed by atoms with E-state index >= 15 is 0 Å². The number of hydrogen-bond acceptors (Lipinski definition) is 7. The summed E-state index contributed by atoms with van der Waals surface area (Å²) in [5, 5.41) is 11.0. The van der Waals surface area contributed by atoms with Gasteiger partial charge in [0.1, 0.15) is 0 Å². The van der Waals surface area contributed by atoms with Gasteiger partial charge in [-0.05, 0) is 43.3 Å². The lowest BCUT2D eigenvalue weighted by atomic mass is 10.1. The predicted molar refractivity (Wildman–Crippen MR) is 120 cm³/mol. The van der Waals surface area contributed by atoms with Gasteiger partial charge in [0.15, 0.2) is 0 Å². The smallest absolute Gasteiger partial charge is 0.277 e. The maximum atomic E-state index is 12.5. The standard InChI is InChI=1S/C21H24N4O4S2/c1-4-25(5-2)31(27,28)18-12-10-17(11-13-18)22-19(26)14-30-21-24-23-20(29-21)16-8-6-15(3)7-9-16/h6-13H,4-5,14H2,1-3H3,(H,22,26). The second-order valence-electron chi connectivity index (χ2n) is 6.69. The van der Waals surface area contributed by atoms with Crippen LogP contribution in [0.1, 0.15) is 19.4 Å². The van der Waals surface area contributed by atoms with Gasteiger partial charge in [0, 0.05) is 24.3 Å². The Morgan fingerprint density at radius 3 is 2.29 bits per heavy atom. The molecule has 0 unspecified atom stereocenters. The van der Waals surface area contributed by atoms with Crippen molar-refractivity contribution in [1.29, 1.82) is 0 Å². The monoisotopic (exact) mass is 460 g/mol. The van der Waals surface area contributed by atoms with Crippen LogP contribution >= 0.6 is 11.8 Å². The molecule has 1 heterocycles. The average Bonchev–Trinajstić information content (AvgIpc) is 3.23. The molecule has 3 aromatic rings. The van der Waals surface area contributed by atoms with E-state index in [4.69, 9.17) is 4.42 Å². The Bertz CT molecular complexity index is 1120. The Kier molecular flexibility index (Phi) is 7.47. The van der Waals surface area contributed by atoms with Crippen LogP contribution in [0.3, 0.4) is 0 Å². The van der Waals surface area contributed by atoms with E-state index in [1.165, 1.54) is 16.4 Å². The number of anilines is 1. The Morgan fingerprint density at radius 1 is 1.03 bits per heavy atom. The van der Waals surface area contributed by atoms with E-state index in [2.05, 4.69) is 15.5 Å². The Morgan fingerprint density at radius 2 is 1.68 bits per heavy atom. The average molecular weight is 461 g/mol. The number of amides is 1. The van der Waals surface area contributed by atoms with E-state index in [0.29, 0.717) is 29.9 Å². The summed E-state index contributed by atoms with van der Waals surface area (Å²) in [4.78, 5) is 12.4. The number of thioether (sulfide) groups is 1. The van der Waals surface area contributed by atoms with Gasteiger partial charge in [0.05, 0.1) is 10.6 Å². The predicted octanol–water partition coefficient (Wildman–Crippen LogP) is 3.81. The molecular formula is C21H24N4O4S2. The molecule has 0 radical (unpaired) electrons. The zero-order chi connectivity index (χ0) is 22.4. The molecule has 0 fully saturated rings. The third-order valence-corrected chi connectivity index (χ3v) is 7.40. The molecule has 0 atom stereocenters. The number of aryl methyl sites for hydroxylation is 1. The first kappa shape index (κ1) is 23.0. The third kappa shape index (κ3) is 5.72. The minimum atomic E-state index is -3.53. The number of benzene rings is 2. The molecule has 0 saturated carbocycles. The van der Waals surface area contributed by atoms with Gasteiger partial charge >= 0.3 is 0 Å². The first-order chi connectivity index (χ1) is 14.8. The molecule has 0 aliphatic rings. The van der Waals surface area contributed by atoms with Crippen LogP contribution in [-0.2, 0) is 14.8 Å². The molecule has 2 aromatic carbocycles. The van der Waals surface area contributed by atoms with Crippen molar-refractivity contribution in [3.8, 4) is 11.5 Å². The van der Waals surface area contributed by atoms with Crippen LogP contribution in [0.2, 0.25) is 0 Å². The van der Waals surface area contributed by atoms with Crippen molar-refractivity contribution >= 4 is 33.4 Å². The van der Waals surface area contributed by atoms with Crippen LogP contribution in [0.25, 0.3) is 11.5 Å². The van der Waals surface area contributed by atoms with Crippen LogP contribution in [0.5, 0.6) is 0 Å². The van der Waals surface area contributed by atoms with E-state index < -0.39 is 10.0 Å². The zero-order valence-corrected chi connectivity index (χ0v) is 19.2. The van der Waals surface area contributed by atoms with E-state index in [-0.39, 0.29) is 16.6 Å². The minimum absolute atomic E-state index is 0.0784. The third-order valence-electron chi connectivity index (χ3n) is 4.51. The molecule has 8 nitrogen and oxygen atoms in total. The van der Waals surface area contributed by atoms with Crippen molar-refractivity contribution in [3.05, 3.63) is 54.1 Å². The van der Waals surface area contributed by atoms with E-state index in [0.717, 1.165) is 22.9 Å². The topological polar surface area (TPSA) is 105 Å². The van der Waals surface area contributed by atoms with Crippen LogP contribution in [0.15, 0.2) is 63.1 Å². The molecule has 0 aliphatic heterocycles. The summed E-state index contributed by atoms with van der Waals surface area (Å²) in [6.45, 7) is 6.38. The van der Waals surface area contributed by atoms with Crippen molar-refractivity contribution in [2.45, 2.75) is 30.9 Å². The highest BCUT2D eigenvalue weighted by molar-refractivity contribution is 7.99. The van der Waals surface area contributed by atoms with Gasteiger partial charge in [-0.15, -0.1) is 10.2 Å². The number of carbonyl (C=O) groups excluding carboxylic acids is 1. The molecule has 1 N–H and O–H groups in total. The largest absolute Gasteiger partial charge is 0.411 e. The zero-order valence-electron chi connectivity index (χ0n) is 17.5. The molecular weight excluding hydrogens is 436 g/mol. The number of rotatable bonds is 9. The number of nitrogens with zero attached hydrogens (tertiary/aromatic N) is 3. The van der Waals surface area contributed by atoms with Gasteiger partial charge in [-0.1, -0.05) is 43.3 Å². The molecule has 31 heavy (non-hydrogen) atoms. The van der Waals surface area contributed by atoms with Gasteiger partial charge in [-0.25, -0.2) is 8.42 Å². The number of hydrogen-bond donors (Lipinski definition) is 1. The fourth-order valence-corrected chi connectivity index (χ4v) is 4.85. The van der Waals surface area contributed by atoms with Crippen molar-refractivity contribution in [2.75, 3.05) is 24.2 Å². The summed E-state index contributed by atoms with van der Waals surface area (Å²) in [6.07, 6.45) is 0.